The predicted octanol–water partition coefficient (Wildman–Crippen LogP) is 2.58. The zero-order valence-electron chi connectivity index (χ0n) is 16.6. The summed E-state index contributed by atoms with van der Waals surface area (Å²) in [6, 6.07) is 7.22. The van der Waals surface area contributed by atoms with Crippen LogP contribution >= 0.6 is 0 Å². The summed E-state index contributed by atoms with van der Waals surface area (Å²) in [6.07, 6.45) is 7.48. The van der Waals surface area contributed by atoms with Crippen LogP contribution in [0, 0.1) is 17.8 Å². The predicted molar refractivity (Wildman–Crippen MR) is 106 cm³/mol. The van der Waals surface area contributed by atoms with E-state index in [4.69, 9.17) is 4.74 Å². The number of β-amino-alcohol motifs (C(OH)–C–C–N with tert-alkyl or cyclic N) is 1. The van der Waals surface area contributed by atoms with Crippen LogP contribution in [0.4, 0.5) is 0 Å². The average molecular weight is 399 g/mol. The van der Waals surface area contributed by atoms with Gasteiger partial charge in [0.2, 0.25) is 0 Å². The fraction of sp³-hybridized carbons (Fsp3) is 0.652. The Balaban J connectivity index is 1.23. The Morgan fingerprint density at radius 2 is 1.59 bits per heavy atom. The summed E-state index contributed by atoms with van der Waals surface area (Å²) in [4.78, 5) is 24.9. The highest BCUT2D eigenvalue weighted by molar-refractivity contribution is 5.85. The van der Waals surface area contributed by atoms with E-state index in [9.17, 15) is 19.8 Å². The average Bonchev–Trinajstić information content (AvgIpc) is 3.08. The number of aliphatic hydroxyl groups is 1. The zero-order chi connectivity index (χ0) is 20.2. The third-order valence-corrected chi connectivity index (χ3v) is 7.75. The van der Waals surface area contributed by atoms with Crippen LogP contribution in [0.25, 0.3) is 0 Å². The maximum atomic E-state index is 12.4. The molecule has 1 aromatic carbocycles. The SMILES string of the molecule is O=C(O)[C@@H]1C[C@@H](O)CN1C(=O)COc1ccc(C23CC4CC(CC(C4)C2)C3)cc1. The molecule has 2 N–H and O–H groups in total. The van der Waals surface area contributed by atoms with Crippen molar-refractivity contribution in [3.05, 3.63) is 29.8 Å². The second-order valence-electron chi connectivity index (χ2n) is 9.80. The second-order valence-corrected chi connectivity index (χ2v) is 9.80. The van der Waals surface area contributed by atoms with E-state index in [1.54, 1.807) is 0 Å². The molecule has 1 aromatic rings. The number of nitrogens with zero attached hydrogens (tertiary/aromatic N) is 1. The molecule has 6 heteroatoms. The maximum Gasteiger partial charge on any atom is 0.326 e. The van der Waals surface area contributed by atoms with E-state index in [-0.39, 0.29) is 19.6 Å². The monoisotopic (exact) mass is 399 g/mol. The fourth-order valence-corrected chi connectivity index (χ4v) is 6.92. The van der Waals surface area contributed by atoms with Gasteiger partial charge >= 0.3 is 5.97 Å². The molecule has 0 radical (unpaired) electrons. The van der Waals surface area contributed by atoms with Crippen molar-refractivity contribution < 1.29 is 24.5 Å². The van der Waals surface area contributed by atoms with Gasteiger partial charge in [-0.2, -0.15) is 0 Å². The number of aliphatic hydroxyl groups excluding tert-OH is 1. The van der Waals surface area contributed by atoms with Crippen molar-refractivity contribution in [2.24, 2.45) is 17.8 Å². The van der Waals surface area contributed by atoms with Gasteiger partial charge in [-0.25, -0.2) is 4.79 Å². The number of hydrogen-bond donors (Lipinski definition) is 2. The van der Waals surface area contributed by atoms with E-state index < -0.39 is 24.0 Å². The normalized spacial score (nSPS) is 37.7. The van der Waals surface area contributed by atoms with Crippen LogP contribution < -0.4 is 4.74 Å². The van der Waals surface area contributed by atoms with Crippen molar-refractivity contribution in [3.8, 4) is 5.75 Å². The first-order chi connectivity index (χ1) is 13.9. The summed E-state index contributed by atoms with van der Waals surface area (Å²) in [5, 5.41) is 18.9. The maximum absolute atomic E-state index is 12.4. The smallest absolute Gasteiger partial charge is 0.326 e. The highest BCUT2D eigenvalue weighted by Crippen LogP contribution is 2.60. The molecule has 4 saturated carbocycles. The molecule has 1 amide bonds. The van der Waals surface area contributed by atoms with Crippen LogP contribution in [-0.4, -0.2) is 52.3 Å². The third-order valence-electron chi connectivity index (χ3n) is 7.75. The molecule has 4 aliphatic carbocycles. The topological polar surface area (TPSA) is 87.1 Å². The molecule has 1 heterocycles. The van der Waals surface area contributed by atoms with Crippen molar-refractivity contribution in [1.29, 1.82) is 0 Å². The fourth-order valence-electron chi connectivity index (χ4n) is 6.92. The quantitative estimate of drug-likeness (QED) is 0.795. The van der Waals surface area contributed by atoms with Crippen molar-refractivity contribution >= 4 is 11.9 Å². The minimum atomic E-state index is -1.09. The summed E-state index contributed by atoms with van der Waals surface area (Å²) in [5.74, 6) is 1.82. The Morgan fingerprint density at radius 1 is 1.00 bits per heavy atom. The number of benzene rings is 1. The van der Waals surface area contributed by atoms with E-state index in [1.807, 2.05) is 12.1 Å². The molecule has 5 aliphatic rings. The Labute approximate surface area is 170 Å². The van der Waals surface area contributed by atoms with E-state index >= 15 is 0 Å². The first-order valence-corrected chi connectivity index (χ1v) is 10.9. The third kappa shape index (κ3) is 3.41. The van der Waals surface area contributed by atoms with E-state index in [0.717, 1.165) is 17.8 Å². The molecule has 1 aliphatic heterocycles. The number of hydrogen-bond acceptors (Lipinski definition) is 4. The van der Waals surface area contributed by atoms with Gasteiger partial charge < -0.3 is 19.8 Å². The molecule has 2 atom stereocenters. The summed E-state index contributed by atoms with van der Waals surface area (Å²) < 4.78 is 5.65. The molecule has 6 nitrogen and oxygen atoms in total. The van der Waals surface area contributed by atoms with Gasteiger partial charge in [0.1, 0.15) is 11.8 Å². The van der Waals surface area contributed by atoms with Crippen LogP contribution in [0.2, 0.25) is 0 Å². The van der Waals surface area contributed by atoms with Gasteiger partial charge in [-0.05, 0) is 79.4 Å². The summed E-state index contributed by atoms with van der Waals surface area (Å²) in [5.41, 5.74) is 1.74. The van der Waals surface area contributed by atoms with Gasteiger partial charge in [-0.15, -0.1) is 0 Å². The molecule has 0 unspecified atom stereocenters. The first-order valence-electron chi connectivity index (χ1n) is 10.9. The standard InChI is InChI=1S/C23H29NO5/c25-18-8-20(22(27)28)24(12-18)21(26)13-29-19-3-1-17(2-4-19)23-9-14-5-15(10-23)7-16(6-14)11-23/h1-4,14-16,18,20,25H,5-13H2,(H,27,28)/t14?,15?,16?,18-,20+,23?/m1/s1. The highest BCUT2D eigenvalue weighted by Gasteiger charge is 2.51. The molecule has 1 saturated heterocycles. The number of rotatable bonds is 5. The molecule has 4 bridgehead atoms. The van der Waals surface area contributed by atoms with Crippen molar-refractivity contribution in [3.63, 3.8) is 0 Å². The molecule has 6 rings (SSSR count). The number of carboxylic acids is 1. The molecule has 0 spiro atoms. The van der Waals surface area contributed by atoms with Crippen LogP contribution in [0.15, 0.2) is 24.3 Å². The van der Waals surface area contributed by atoms with Gasteiger partial charge in [0.15, 0.2) is 6.61 Å². The number of carbonyl (C=O) groups is 2. The molecule has 5 fully saturated rings. The summed E-state index contributed by atoms with van der Waals surface area (Å²) in [6.45, 7) is -0.169. The number of carboxylic acid groups (broad SMARTS) is 1. The van der Waals surface area contributed by atoms with E-state index in [0.29, 0.717) is 11.2 Å². The van der Waals surface area contributed by atoms with Gasteiger partial charge in [-0.1, -0.05) is 12.1 Å². The number of aliphatic carboxylic acids is 1. The number of carbonyl (C=O) groups excluding carboxylic acids is 1. The Kier molecular flexibility index (Phi) is 4.57. The molecule has 156 valence electrons. The minimum absolute atomic E-state index is 0.0458. The Morgan fingerprint density at radius 3 is 2.14 bits per heavy atom. The van der Waals surface area contributed by atoms with Crippen LogP contribution in [-0.2, 0) is 15.0 Å². The number of likely N-dealkylation sites (tertiary alicyclic amines) is 1. The van der Waals surface area contributed by atoms with Gasteiger partial charge in [-0.3, -0.25) is 4.79 Å². The second kappa shape index (κ2) is 7.01. The van der Waals surface area contributed by atoms with Gasteiger partial charge in [0.05, 0.1) is 6.10 Å². The van der Waals surface area contributed by atoms with Crippen LogP contribution in [0.3, 0.4) is 0 Å². The molecular weight excluding hydrogens is 370 g/mol. The lowest BCUT2D eigenvalue weighted by molar-refractivity contribution is -0.148. The Hall–Kier alpha value is -2.08. The number of amides is 1. The highest BCUT2D eigenvalue weighted by atomic mass is 16.5. The van der Waals surface area contributed by atoms with Gasteiger partial charge in [0.25, 0.3) is 5.91 Å². The zero-order valence-corrected chi connectivity index (χ0v) is 16.6. The summed E-state index contributed by atoms with van der Waals surface area (Å²) >= 11 is 0. The van der Waals surface area contributed by atoms with Crippen LogP contribution in [0.5, 0.6) is 5.75 Å². The Bertz CT molecular complexity index is 769. The van der Waals surface area contributed by atoms with Crippen molar-refractivity contribution in [2.75, 3.05) is 13.2 Å². The largest absolute Gasteiger partial charge is 0.484 e. The minimum Gasteiger partial charge on any atom is -0.484 e. The van der Waals surface area contributed by atoms with Crippen molar-refractivity contribution in [1.82, 2.24) is 4.90 Å². The summed E-state index contributed by atoms with van der Waals surface area (Å²) in [7, 11) is 0. The van der Waals surface area contributed by atoms with E-state index in [2.05, 4.69) is 12.1 Å². The van der Waals surface area contributed by atoms with E-state index in [1.165, 1.54) is 49.0 Å². The molecular formula is C23H29NO5. The number of ether oxygens (including phenoxy) is 1. The molecule has 0 aromatic heterocycles. The molecule has 29 heavy (non-hydrogen) atoms. The lowest BCUT2D eigenvalue weighted by Gasteiger charge is -2.57. The lowest BCUT2D eigenvalue weighted by Crippen LogP contribution is -2.48. The lowest BCUT2D eigenvalue weighted by atomic mass is 9.48. The van der Waals surface area contributed by atoms with Gasteiger partial charge in [0, 0.05) is 13.0 Å². The van der Waals surface area contributed by atoms with Crippen molar-refractivity contribution in [2.45, 2.75) is 62.5 Å². The van der Waals surface area contributed by atoms with Crippen LogP contribution in [0.1, 0.15) is 50.5 Å². The first kappa shape index (κ1) is 18.9.